The molecule has 2 nitrogen and oxygen atoms in total. The highest BCUT2D eigenvalue weighted by Gasteiger charge is 2.01. The van der Waals surface area contributed by atoms with E-state index in [1.165, 1.54) is 12.1 Å². The maximum Gasteiger partial charge on any atom is 0.142 e. The van der Waals surface area contributed by atoms with E-state index in [2.05, 4.69) is 19.2 Å². The van der Waals surface area contributed by atoms with Crippen LogP contribution in [0.5, 0.6) is 5.75 Å². The molecule has 1 rings (SSSR count). The number of hydrogen-bond acceptors (Lipinski definition) is 2. The van der Waals surface area contributed by atoms with E-state index in [1.807, 2.05) is 0 Å². The second kappa shape index (κ2) is 7.51. The summed E-state index contributed by atoms with van der Waals surface area (Å²) < 4.78 is 18.3. The Morgan fingerprint density at radius 1 is 1.35 bits per heavy atom. The minimum absolute atomic E-state index is 0.101. The summed E-state index contributed by atoms with van der Waals surface area (Å²) in [6, 6.07) is 4.93. The molecule has 0 aliphatic rings. The monoisotopic (exact) mass is 259 g/mol. The minimum Gasteiger partial charge on any atom is -0.494 e. The van der Waals surface area contributed by atoms with Crippen molar-refractivity contribution in [3.8, 4) is 5.75 Å². The van der Waals surface area contributed by atoms with E-state index in [-0.39, 0.29) is 5.02 Å². The van der Waals surface area contributed by atoms with E-state index >= 15 is 0 Å². The summed E-state index contributed by atoms with van der Waals surface area (Å²) in [6.07, 6.45) is 2.03. The lowest BCUT2D eigenvalue weighted by Gasteiger charge is -2.09. The Morgan fingerprint density at radius 2 is 2.12 bits per heavy atom. The number of ether oxygens (including phenoxy) is 1. The predicted octanol–water partition coefficient (Wildman–Crippen LogP) is 3.64. The first-order chi connectivity index (χ1) is 8.09. The van der Waals surface area contributed by atoms with Gasteiger partial charge >= 0.3 is 0 Å². The molecule has 96 valence electrons. The number of halogens is 2. The molecule has 0 amide bonds. The second-order valence-corrected chi connectivity index (χ2v) is 4.65. The van der Waals surface area contributed by atoms with Crippen LogP contribution in [0, 0.1) is 5.82 Å². The molecule has 0 bridgehead atoms. The van der Waals surface area contributed by atoms with Gasteiger partial charge in [0.05, 0.1) is 11.6 Å². The Kier molecular flexibility index (Phi) is 6.30. The first-order valence-electron chi connectivity index (χ1n) is 5.91. The number of hydrogen-bond donors (Lipinski definition) is 1. The van der Waals surface area contributed by atoms with E-state index in [0.717, 1.165) is 19.4 Å². The molecule has 1 aromatic rings. The average molecular weight is 260 g/mol. The van der Waals surface area contributed by atoms with E-state index in [4.69, 9.17) is 16.3 Å². The molecule has 0 spiro atoms. The zero-order chi connectivity index (χ0) is 12.7. The van der Waals surface area contributed by atoms with Gasteiger partial charge in [-0.1, -0.05) is 25.4 Å². The molecular formula is C13H19ClFNO. The van der Waals surface area contributed by atoms with Crippen molar-refractivity contribution in [1.29, 1.82) is 0 Å². The van der Waals surface area contributed by atoms with E-state index < -0.39 is 5.82 Å². The highest BCUT2D eigenvalue weighted by molar-refractivity contribution is 6.30. The number of rotatable bonds is 7. The maximum atomic E-state index is 12.9. The first kappa shape index (κ1) is 14.3. The Hall–Kier alpha value is -0.800. The van der Waals surface area contributed by atoms with Gasteiger partial charge in [0.15, 0.2) is 0 Å². The van der Waals surface area contributed by atoms with Crippen molar-refractivity contribution in [2.24, 2.45) is 0 Å². The summed E-state index contributed by atoms with van der Waals surface area (Å²) >= 11 is 5.65. The Bertz CT molecular complexity index is 344. The van der Waals surface area contributed by atoms with Crippen molar-refractivity contribution < 1.29 is 9.13 Å². The maximum absolute atomic E-state index is 12.9. The minimum atomic E-state index is -0.417. The van der Waals surface area contributed by atoms with Crippen LogP contribution in [0.4, 0.5) is 4.39 Å². The van der Waals surface area contributed by atoms with Crippen LogP contribution in [0.2, 0.25) is 5.02 Å². The van der Waals surface area contributed by atoms with E-state index in [9.17, 15) is 4.39 Å². The van der Waals surface area contributed by atoms with Gasteiger partial charge in [-0.2, -0.15) is 0 Å². The lowest BCUT2D eigenvalue weighted by atomic mass is 10.3. The zero-order valence-corrected chi connectivity index (χ0v) is 11.1. The predicted molar refractivity (Wildman–Crippen MR) is 69.3 cm³/mol. The van der Waals surface area contributed by atoms with Gasteiger partial charge in [0.25, 0.3) is 0 Å². The molecule has 0 atom stereocenters. The third-order valence-corrected chi connectivity index (χ3v) is 2.57. The fraction of sp³-hybridized carbons (Fsp3) is 0.538. The SMILES string of the molecule is CC(C)NCCCCOc1ccc(F)c(Cl)c1. The van der Waals surface area contributed by atoms with Gasteiger partial charge in [0, 0.05) is 12.1 Å². The fourth-order valence-corrected chi connectivity index (χ4v) is 1.54. The van der Waals surface area contributed by atoms with Gasteiger partial charge in [-0.25, -0.2) is 4.39 Å². The van der Waals surface area contributed by atoms with Gasteiger partial charge in [-0.05, 0) is 31.5 Å². The average Bonchev–Trinajstić information content (AvgIpc) is 2.27. The quantitative estimate of drug-likeness (QED) is 0.755. The van der Waals surface area contributed by atoms with Crippen LogP contribution in [0.15, 0.2) is 18.2 Å². The molecule has 0 aliphatic heterocycles. The smallest absolute Gasteiger partial charge is 0.142 e. The van der Waals surface area contributed by atoms with Gasteiger partial charge < -0.3 is 10.1 Å². The molecule has 0 heterocycles. The van der Waals surface area contributed by atoms with Crippen LogP contribution < -0.4 is 10.1 Å². The lowest BCUT2D eigenvalue weighted by molar-refractivity contribution is 0.304. The highest BCUT2D eigenvalue weighted by atomic mass is 35.5. The van der Waals surface area contributed by atoms with Crippen molar-refractivity contribution in [2.75, 3.05) is 13.2 Å². The summed E-state index contributed by atoms with van der Waals surface area (Å²) in [6.45, 7) is 5.86. The topological polar surface area (TPSA) is 21.3 Å². The van der Waals surface area contributed by atoms with Crippen LogP contribution in [0.3, 0.4) is 0 Å². The third kappa shape index (κ3) is 5.89. The number of unbranched alkanes of at least 4 members (excludes halogenated alkanes) is 1. The van der Waals surface area contributed by atoms with Crippen molar-refractivity contribution >= 4 is 11.6 Å². The fourth-order valence-electron chi connectivity index (χ4n) is 1.37. The van der Waals surface area contributed by atoms with Crippen LogP contribution in [0.1, 0.15) is 26.7 Å². The molecule has 0 saturated heterocycles. The lowest BCUT2D eigenvalue weighted by Crippen LogP contribution is -2.23. The molecule has 1 N–H and O–H groups in total. The summed E-state index contributed by atoms with van der Waals surface area (Å²) in [5.41, 5.74) is 0. The van der Waals surface area contributed by atoms with Crippen LogP contribution >= 0.6 is 11.6 Å². The summed E-state index contributed by atoms with van der Waals surface area (Å²) in [7, 11) is 0. The normalized spacial score (nSPS) is 10.9. The molecule has 0 fully saturated rings. The van der Waals surface area contributed by atoms with Crippen LogP contribution in [-0.2, 0) is 0 Å². The van der Waals surface area contributed by atoms with Crippen LogP contribution in [-0.4, -0.2) is 19.2 Å². The van der Waals surface area contributed by atoms with E-state index in [1.54, 1.807) is 6.07 Å². The largest absolute Gasteiger partial charge is 0.494 e. The van der Waals surface area contributed by atoms with Crippen molar-refractivity contribution in [3.63, 3.8) is 0 Å². The number of nitrogens with one attached hydrogen (secondary N) is 1. The Balaban J connectivity index is 2.16. The summed E-state index contributed by atoms with van der Waals surface area (Å²) in [5, 5.41) is 3.44. The Morgan fingerprint density at radius 3 is 2.76 bits per heavy atom. The van der Waals surface area contributed by atoms with Gasteiger partial charge in [0.1, 0.15) is 11.6 Å². The summed E-state index contributed by atoms with van der Waals surface area (Å²) in [5.74, 6) is 0.202. The highest BCUT2D eigenvalue weighted by Crippen LogP contribution is 2.21. The van der Waals surface area contributed by atoms with Crippen molar-refractivity contribution in [3.05, 3.63) is 29.0 Å². The van der Waals surface area contributed by atoms with Crippen molar-refractivity contribution in [2.45, 2.75) is 32.7 Å². The molecule has 0 unspecified atom stereocenters. The third-order valence-electron chi connectivity index (χ3n) is 2.28. The number of benzene rings is 1. The van der Waals surface area contributed by atoms with Gasteiger partial charge in [-0.3, -0.25) is 0 Å². The first-order valence-corrected chi connectivity index (χ1v) is 6.28. The van der Waals surface area contributed by atoms with Crippen LogP contribution in [0.25, 0.3) is 0 Å². The molecule has 1 aromatic carbocycles. The zero-order valence-electron chi connectivity index (χ0n) is 10.3. The summed E-state index contributed by atoms with van der Waals surface area (Å²) in [4.78, 5) is 0. The molecular weight excluding hydrogens is 241 g/mol. The molecule has 17 heavy (non-hydrogen) atoms. The standard InChI is InChI=1S/C13H19ClFNO/c1-10(2)16-7-3-4-8-17-11-5-6-13(15)12(14)9-11/h5-6,9-10,16H,3-4,7-8H2,1-2H3. The Labute approximate surface area is 107 Å². The second-order valence-electron chi connectivity index (χ2n) is 4.24. The van der Waals surface area contributed by atoms with E-state index in [0.29, 0.717) is 18.4 Å². The van der Waals surface area contributed by atoms with Gasteiger partial charge in [-0.15, -0.1) is 0 Å². The molecule has 0 aliphatic carbocycles. The van der Waals surface area contributed by atoms with Crippen molar-refractivity contribution in [1.82, 2.24) is 5.32 Å². The molecule has 0 aromatic heterocycles. The van der Waals surface area contributed by atoms with Gasteiger partial charge in [0.2, 0.25) is 0 Å². The molecule has 0 radical (unpaired) electrons. The molecule has 4 heteroatoms. The molecule has 0 saturated carbocycles.